The predicted molar refractivity (Wildman–Crippen MR) is 73.6 cm³/mol. The van der Waals surface area contributed by atoms with Gasteiger partial charge in [0.05, 0.1) is 13.2 Å². The molecule has 0 radical (unpaired) electrons. The van der Waals surface area contributed by atoms with Crippen molar-refractivity contribution in [1.82, 2.24) is 0 Å². The van der Waals surface area contributed by atoms with Crippen molar-refractivity contribution in [3.63, 3.8) is 0 Å². The summed E-state index contributed by atoms with van der Waals surface area (Å²) in [4.78, 5) is 0. The average molecular weight is 338 g/mol. The molecule has 0 heterocycles. The first-order valence-electron chi connectivity index (χ1n) is 5.57. The lowest BCUT2D eigenvalue weighted by Crippen LogP contribution is -2.15. The van der Waals surface area contributed by atoms with Crippen LogP contribution in [0.3, 0.4) is 0 Å². The van der Waals surface area contributed by atoms with Crippen LogP contribution in [-0.2, 0) is 13.6 Å². The van der Waals surface area contributed by atoms with Gasteiger partial charge in [0.25, 0.3) is 0 Å². The van der Waals surface area contributed by atoms with Crippen molar-refractivity contribution in [2.24, 2.45) is 5.73 Å². The predicted octanol–water partition coefficient (Wildman–Crippen LogP) is 3.38. The molecule has 0 fully saturated rings. The highest BCUT2D eigenvalue weighted by molar-refractivity contribution is 9.10. The highest BCUT2D eigenvalue weighted by Gasteiger charge is 2.35. The van der Waals surface area contributed by atoms with Gasteiger partial charge < -0.3 is 19.9 Å². The molecule has 1 aromatic rings. The maximum Gasteiger partial charge on any atom is 0.351 e. The Morgan fingerprint density at radius 3 is 2.39 bits per heavy atom. The number of rotatable bonds is 6. The van der Waals surface area contributed by atoms with Crippen molar-refractivity contribution in [1.29, 1.82) is 0 Å². The molecule has 0 unspecified atom stereocenters. The second kappa shape index (κ2) is 6.68. The lowest BCUT2D eigenvalue weighted by Gasteiger charge is -2.23. The van der Waals surface area contributed by atoms with E-state index in [0.717, 1.165) is 0 Å². The monoisotopic (exact) mass is 337 g/mol. The Balaban J connectivity index is 3.09. The molecular weight excluding hydrogens is 321 g/mol. The van der Waals surface area contributed by atoms with Crippen LogP contribution in [0.2, 0.25) is 0 Å². The van der Waals surface area contributed by atoms with Gasteiger partial charge in [0.1, 0.15) is 11.5 Å². The first-order chi connectivity index (χ1) is 8.44. The van der Waals surface area contributed by atoms with Crippen molar-refractivity contribution in [2.75, 3.05) is 13.2 Å². The summed E-state index contributed by atoms with van der Waals surface area (Å²) in [7, 11) is -3.47. The highest BCUT2D eigenvalue weighted by atomic mass is 79.9. The molecular formula is C11H17BrNO4P. The summed E-state index contributed by atoms with van der Waals surface area (Å²) in [6.07, 6.45) is 0. The molecule has 0 aliphatic heterocycles. The van der Waals surface area contributed by atoms with Crippen LogP contribution in [0.25, 0.3) is 0 Å². The van der Waals surface area contributed by atoms with Gasteiger partial charge in [0.2, 0.25) is 0 Å². The molecule has 0 aliphatic carbocycles. The third-order valence-electron chi connectivity index (χ3n) is 2.27. The van der Waals surface area contributed by atoms with Crippen LogP contribution in [0.4, 0.5) is 0 Å². The largest absolute Gasteiger partial charge is 0.508 e. The highest BCUT2D eigenvalue weighted by Crippen LogP contribution is 2.59. The smallest absolute Gasteiger partial charge is 0.351 e. The summed E-state index contributed by atoms with van der Waals surface area (Å²) in [6, 6.07) is 4.78. The van der Waals surface area contributed by atoms with Crippen molar-refractivity contribution in [3.05, 3.63) is 28.2 Å². The summed E-state index contributed by atoms with van der Waals surface area (Å²) in [5.41, 5.74) is 6.24. The minimum absolute atomic E-state index is 0.0449. The van der Waals surface area contributed by atoms with Gasteiger partial charge in [-0.1, -0.05) is 22.0 Å². The van der Waals surface area contributed by atoms with Gasteiger partial charge in [-0.25, -0.2) is 0 Å². The molecule has 7 heteroatoms. The second-order valence-electron chi connectivity index (χ2n) is 3.52. The normalized spacial score (nSPS) is 13.6. The lowest BCUT2D eigenvalue weighted by atomic mass is 10.2. The van der Waals surface area contributed by atoms with Crippen molar-refractivity contribution in [3.8, 4) is 5.75 Å². The van der Waals surface area contributed by atoms with Gasteiger partial charge >= 0.3 is 7.60 Å². The molecule has 18 heavy (non-hydrogen) atoms. The molecule has 0 aliphatic rings. The molecule has 5 nitrogen and oxygen atoms in total. The minimum atomic E-state index is -3.47. The van der Waals surface area contributed by atoms with Crippen molar-refractivity contribution in [2.45, 2.75) is 19.6 Å². The van der Waals surface area contributed by atoms with E-state index >= 15 is 0 Å². The van der Waals surface area contributed by atoms with E-state index in [-0.39, 0.29) is 19.0 Å². The molecule has 1 atom stereocenters. The molecule has 0 bridgehead atoms. The van der Waals surface area contributed by atoms with Crippen LogP contribution in [0.1, 0.15) is 25.2 Å². The Kier molecular flexibility index (Phi) is 5.82. The van der Waals surface area contributed by atoms with E-state index in [1.165, 1.54) is 6.07 Å². The SMILES string of the molecule is CCOP(=O)(OCC)[C@H](N)c1ccc(Br)cc1O. The fourth-order valence-electron chi connectivity index (χ4n) is 1.50. The van der Waals surface area contributed by atoms with Gasteiger partial charge in [0, 0.05) is 10.0 Å². The van der Waals surface area contributed by atoms with Crippen LogP contribution in [-0.4, -0.2) is 18.3 Å². The molecule has 3 N–H and O–H groups in total. The third kappa shape index (κ3) is 3.56. The van der Waals surface area contributed by atoms with Crippen LogP contribution in [0, 0.1) is 0 Å². The zero-order valence-corrected chi connectivity index (χ0v) is 12.8. The molecule has 1 rings (SSSR count). The Bertz CT molecular complexity index is 445. The van der Waals surface area contributed by atoms with Crippen molar-refractivity contribution >= 4 is 23.5 Å². The number of hydrogen-bond donors (Lipinski definition) is 2. The Hall–Kier alpha value is -0.390. The first-order valence-corrected chi connectivity index (χ1v) is 7.97. The molecule has 0 amide bonds. The Morgan fingerprint density at radius 2 is 1.94 bits per heavy atom. The van der Waals surface area contributed by atoms with Gasteiger partial charge in [-0.05, 0) is 26.0 Å². The molecule has 0 spiro atoms. The van der Waals surface area contributed by atoms with Crippen LogP contribution in [0.15, 0.2) is 22.7 Å². The van der Waals surface area contributed by atoms with E-state index < -0.39 is 13.4 Å². The Labute approximate surface area is 115 Å². The van der Waals surface area contributed by atoms with E-state index in [2.05, 4.69) is 15.9 Å². The zero-order valence-electron chi connectivity index (χ0n) is 10.3. The number of halogens is 1. The zero-order chi connectivity index (χ0) is 13.8. The second-order valence-corrected chi connectivity index (χ2v) is 6.59. The van der Waals surface area contributed by atoms with Gasteiger partial charge in [-0.3, -0.25) is 4.57 Å². The lowest BCUT2D eigenvalue weighted by molar-refractivity contribution is 0.212. The maximum absolute atomic E-state index is 12.5. The molecule has 1 aromatic carbocycles. The van der Waals surface area contributed by atoms with E-state index in [1.807, 2.05) is 0 Å². The topological polar surface area (TPSA) is 81.8 Å². The van der Waals surface area contributed by atoms with E-state index in [1.54, 1.807) is 26.0 Å². The first kappa shape index (κ1) is 15.7. The summed E-state index contributed by atoms with van der Waals surface area (Å²) in [6.45, 7) is 3.87. The number of phenolic OH excluding ortho intramolecular Hbond substituents is 1. The van der Waals surface area contributed by atoms with E-state index in [0.29, 0.717) is 10.0 Å². The molecule has 0 saturated heterocycles. The van der Waals surface area contributed by atoms with Gasteiger partial charge in [-0.2, -0.15) is 0 Å². The maximum atomic E-state index is 12.5. The number of aromatic hydroxyl groups is 1. The Morgan fingerprint density at radius 1 is 1.39 bits per heavy atom. The third-order valence-corrected chi connectivity index (χ3v) is 4.96. The molecule has 0 aromatic heterocycles. The van der Waals surface area contributed by atoms with Crippen LogP contribution < -0.4 is 5.73 Å². The number of nitrogens with two attached hydrogens (primary N) is 1. The fraction of sp³-hybridized carbons (Fsp3) is 0.455. The molecule has 0 saturated carbocycles. The number of hydrogen-bond acceptors (Lipinski definition) is 5. The van der Waals surface area contributed by atoms with Crippen LogP contribution in [0.5, 0.6) is 5.75 Å². The number of benzene rings is 1. The fourth-order valence-corrected chi connectivity index (χ4v) is 3.52. The summed E-state index contributed by atoms with van der Waals surface area (Å²) < 4.78 is 23.5. The summed E-state index contributed by atoms with van der Waals surface area (Å²) in [5.74, 6) is -1.05. The van der Waals surface area contributed by atoms with Gasteiger partial charge in [-0.15, -0.1) is 0 Å². The summed E-state index contributed by atoms with van der Waals surface area (Å²) >= 11 is 3.22. The van der Waals surface area contributed by atoms with Crippen LogP contribution >= 0.6 is 23.5 Å². The quantitative estimate of drug-likeness (QED) is 0.777. The molecule has 102 valence electrons. The summed E-state index contributed by atoms with van der Waals surface area (Å²) in [5, 5.41) is 9.82. The van der Waals surface area contributed by atoms with E-state index in [9.17, 15) is 9.67 Å². The number of phenols is 1. The standard InChI is InChI=1S/C11H17BrNO4P/c1-3-16-18(15,17-4-2)11(13)9-6-5-8(12)7-10(9)14/h5-7,11,14H,3-4,13H2,1-2H3/t11-/m0/s1. The van der Waals surface area contributed by atoms with Crippen molar-refractivity contribution < 1.29 is 18.7 Å². The average Bonchev–Trinajstić information content (AvgIpc) is 2.29. The van der Waals surface area contributed by atoms with E-state index in [4.69, 9.17) is 14.8 Å². The minimum Gasteiger partial charge on any atom is -0.508 e. The van der Waals surface area contributed by atoms with Gasteiger partial charge in [0.15, 0.2) is 0 Å².